The molecule has 2 rings (SSSR count). The predicted octanol–water partition coefficient (Wildman–Crippen LogP) is 1.95. The molecular formula is C14H21F3N4. The van der Waals surface area contributed by atoms with Crippen LogP contribution in [0.15, 0.2) is 18.2 Å². The van der Waals surface area contributed by atoms with E-state index in [0.717, 1.165) is 44.9 Å². The van der Waals surface area contributed by atoms with Gasteiger partial charge in [0.1, 0.15) is 0 Å². The normalized spacial score (nSPS) is 17.9. The molecule has 0 atom stereocenters. The Hall–Kier alpha value is -1.47. The van der Waals surface area contributed by atoms with Crippen molar-refractivity contribution in [3.05, 3.63) is 23.8 Å². The lowest BCUT2D eigenvalue weighted by Gasteiger charge is -2.32. The van der Waals surface area contributed by atoms with Crippen LogP contribution in [-0.2, 0) is 6.18 Å². The number of anilines is 2. The molecule has 1 aliphatic rings. The molecule has 1 aliphatic heterocycles. The number of alkyl halides is 3. The highest BCUT2D eigenvalue weighted by Gasteiger charge is 2.30. The van der Waals surface area contributed by atoms with Gasteiger partial charge in [0.25, 0.3) is 0 Å². The van der Waals surface area contributed by atoms with Gasteiger partial charge in [-0.05, 0) is 25.2 Å². The van der Waals surface area contributed by atoms with E-state index in [4.69, 9.17) is 5.73 Å². The molecule has 0 unspecified atom stereocenters. The Balaban J connectivity index is 1.83. The number of piperazine rings is 1. The lowest BCUT2D eigenvalue weighted by atomic mass is 10.1. The molecule has 0 aliphatic carbocycles. The van der Waals surface area contributed by atoms with Gasteiger partial charge >= 0.3 is 6.18 Å². The highest BCUT2D eigenvalue weighted by atomic mass is 19.4. The van der Waals surface area contributed by atoms with Gasteiger partial charge in [-0.2, -0.15) is 13.2 Å². The third-order valence-electron chi connectivity index (χ3n) is 3.72. The zero-order valence-corrected chi connectivity index (χ0v) is 12.1. The Kier molecular flexibility index (Phi) is 4.95. The molecule has 0 spiro atoms. The SMILES string of the molecule is CN1CCN(CCNc2ccc(C(F)(F)F)cc2N)CC1. The first-order valence-corrected chi connectivity index (χ1v) is 6.98. The van der Waals surface area contributed by atoms with E-state index in [1.54, 1.807) is 0 Å². The summed E-state index contributed by atoms with van der Waals surface area (Å²) < 4.78 is 37.6. The Bertz CT molecular complexity index is 468. The van der Waals surface area contributed by atoms with Crippen molar-refractivity contribution in [2.45, 2.75) is 6.18 Å². The summed E-state index contributed by atoms with van der Waals surface area (Å²) in [6, 6.07) is 3.41. The van der Waals surface area contributed by atoms with Crippen LogP contribution in [0.4, 0.5) is 24.5 Å². The number of benzene rings is 1. The first kappa shape index (κ1) is 15.9. The van der Waals surface area contributed by atoms with Crippen molar-refractivity contribution >= 4 is 11.4 Å². The second-order valence-electron chi connectivity index (χ2n) is 5.37. The summed E-state index contributed by atoms with van der Waals surface area (Å²) in [6.07, 6.45) is -4.35. The summed E-state index contributed by atoms with van der Waals surface area (Å²) in [5, 5.41) is 3.10. The van der Waals surface area contributed by atoms with Crippen molar-refractivity contribution in [3.8, 4) is 0 Å². The van der Waals surface area contributed by atoms with E-state index >= 15 is 0 Å². The van der Waals surface area contributed by atoms with Gasteiger partial charge in [-0.25, -0.2) is 0 Å². The van der Waals surface area contributed by atoms with Crippen LogP contribution in [0.3, 0.4) is 0 Å². The zero-order valence-electron chi connectivity index (χ0n) is 12.1. The molecule has 7 heteroatoms. The highest BCUT2D eigenvalue weighted by Crippen LogP contribution is 2.32. The second kappa shape index (κ2) is 6.53. The van der Waals surface area contributed by atoms with Crippen molar-refractivity contribution in [2.75, 3.05) is 57.4 Å². The molecule has 21 heavy (non-hydrogen) atoms. The maximum atomic E-state index is 12.5. The molecule has 0 saturated carbocycles. The molecule has 0 radical (unpaired) electrons. The fraction of sp³-hybridized carbons (Fsp3) is 0.571. The van der Waals surface area contributed by atoms with Crippen molar-refractivity contribution in [1.29, 1.82) is 0 Å². The number of nitrogens with two attached hydrogens (primary N) is 1. The molecule has 0 aromatic heterocycles. The minimum atomic E-state index is -4.35. The number of nitrogens with zero attached hydrogens (tertiary/aromatic N) is 2. The molecule has 1 heterocycles. The van der Waals surface area contributed by atoms with Gasteiger partial charge in [-0.3, -0.25) is 4.90 Å². The minimum Gasteiger partial charge on any atom is -0.397 e. The fourth-order valence-electron chi connectivity index (χ4n) is 2.32. The molecule has 4 nitrogen and oxygen atoms in total. The van der Waals surface area contributed by atoms with Gasteiger partial charge in [0.15, 0.2) is 0 Å². The van der Waals surface area contributed by atoms with E-state index in [1.807, 2.05) is 0 Å². The summed E-state index contributed by atoms with van der Waals surface area (Å²) >= 11 is 0. The van der Waals surface area contributed by atoms with E-state index in [1.165, 1.54) is 6.07 Å². The smallest absolute Gasteiger partial charge is 0.397 e. The number of rotatable bonds is 4. The minimum absolute atomic E-state index is 0.128. The summed E-state index contributed by atoms with van der Waals surface area (Å²) in [6.45, 7) is 5.64. The van der Waals surface area contributed by atoms with E-state index in [0.29, 0.717) is 12.2 Å². The summed E-state index contributed by atoms with van der Waals surface area (Å²) in [7, 11) is 2.10. The average molecular weight is 302 g/mol. The number of likely N-dealkylation sites (N-methyl/N-ethyl adjacent to an activating group) is 1. The van der Waals surface area contributed by atoms with Crippen molar-refractivity contribution < 1.29 is 13.2 Å². The third kappa shape index (κ3) is 4.50. The molecule has 1 saturated heterocycles. The van der Waals surface area contributed by atoms with Crippen molar-refractivity contribution in [2.24, 2.45) is 0 Å². The molecule has 3 N–H and O–H groups in total. The number of hydrogen-bond donors (Lipinski definition) is 2. The maximum absolute atomic E-state index is 12.5. The molecule has 0 amide bonds. The van der Waals surface area contributed by atoms with Crippen LogP contribution in [0, 0.1) is 0 Å². The van der Waals surface area contributed by atoms with Gasteiger partial charge in [0.05, 0.1) is 16.9 Å². The second-order valence-corrected chi connectivity index (χ2v) is 5.37. The van der Waals surface area contributed by atoms with Crippen LogP contribution < -0.4 is 11.1 Å². The zero-order chi connectivity index (χ0) is 15.5. The largest absolute Gasteiger partial charge is 0.416 e. The highest BCUT2D eigenvalue weighted by molar-refractivity contribution is 5.67. The summed E-state index contributed by atoms with van der Waals surface area (Å²) in [5.74, 6) is 0. The molecule has 1 fully saturated rings. The lowest BCUT2D eigenvalue weighted by Crippen LogP contribution is -2.45. The Morgan fingerprint density at radius 2 is 1.86 bits per heavy atom. The van der Waals surface area contributed by atoms with Gasteiger partial charge in [-0.15, -0.1) is 0 Å². The van der Waals surface area contributed by atoms with Crippen LogP contribution in [-0.4, -0.2) is 56.1 Å². The Labute approximate surface area is 122 Å². The summed E-state index contributed by atoms with van der Waals surface area (Å²) in [4.78, 5) is 4.60. The predicted molar refractivity (Wildman–Crippen MR) is 78.3 cm³/mol. The third-order valence-corrected chi connectivity index (χ3v) is 3.72. The lowest BCUT2D eigenvalue weighted by molar-refractivity contribution is -0.137. The van der Waals surface area contributed by atoms with Crippen LogP contribution in [0.5, 0.6) is 0 Å². The maximum Gasteiger partial charge on any atom is 0.416 e. The molecular weight excluding hydrogens is 281 g/mol. The van der Waals surface area contributed by atoms with Gasteiger partial charge < -0.3 is 16.0 Å². The number of nitrogens with one attached hydrogen (secondary N) is 1. The molecule has 1 aromatic carbocycles. The summed E-state index contributed by atoms with van der Waals surface area (Å²) in [5.41, 5.74) is 5.64. The van der Waals surface area contributed by atoms with Gasteiger partial charge in [-0.1, -0.05) is 0 Å². The monoisotopic (exact) mass is 302 g/mol. The number of nitrogen functional groups attached to an aromatic ring is 1. The van der Waals surface area contributed by atoms with E-state index in [-0.39, 0.29) is 5.69 Å². The molecule has 118 valence electrons. The standard InChI is InChI=1S/C14H21F3N4/c1-20-6-8-21(9-7-20)5-4-19-13-3-2-11(10-12(13)18)14(15,16)17/h2-3,10,19H,4-9,18H2,1H3. The number of halogens is 3. The van der Waals surface area contributed by atoms with Gasteiger partial charge in [0.2, 0.25) is 0 Å². The van der Waals surface area contributed by atoms with E-state index < -0.39 is 11.7 Å². The van der Waals surface area contributed by atoms with Crippen LogP contribution in [0.1, 0.15) is 5.56 Å². The topological polar surface area (TPSA) is 44.5 Å². The van der Waals surface area contributed by atoms with Crippen LogP contribution in [0.25, 0.3) is 0 Å². The fourth-order valence-corrected chi connectivity index (χ4v) is 2.32. The van der Waals surface area contributed by atoms with Crippen LogP contribution >= 0.6 is 0 Å². The van der Waals surface area contributed by atoms with Crippen LogP contribution in [0.2, 0.25) is 0 Å². The first-order valence-electron chi connectivity index (χ1n) is 6.98. The average Bonchev–Trinajstić information content (AvgIpc) is 2.41. The molecule has 1 aromatic rings. The van der Waals surface area contributed by atoms with Crippen molar-refractivity contribution in [1.82, 2.24) is 9.80 Å². The Morgan fingerprint density at radius 1 is 1.19 bits per heavy atom. The number of hydrogen-bond acceptors (Lipinski definition) is 4. The van der Waals surface area contributed by atoms with Crippen molar-refractivity contribution in [3.63, 3.8) is 0 Å². The molecule has 0 bridgehead atoms. The van der Waals surface area contributed by atoms with E-state index in [9.17, 15) is 13.2 Å². The Morgan fingerprint density at radius 3 is 2.43 bits per heavy atom. The quantitative estimate of drug-likeness (QED) is 0.835. The van der Waals surface area contributed by atoms with Gasteiger partial charge in [0, 0.05) is 39.3 Å². The first-order chi connectivity index (χ1) is 9.86. The van der Waals surface area contributed by atoms with E-state index in [2.05, 4.69) is 22.2 Å².